The van der Waals surface area contributed by atoms with Crippen LogP contribution in [-0.2, 0) is 11.3 Å². The maximum atomic E-state index is 10.8. The number of nitrogens with zero attached hydrogens (tertiary/aromatic N) is 2. The highest BCUT2D eigenvalue weighted by atomic mass is 16.1. The lowest BCUT2D eigenvalue weighted by atomic mass is 9.84. The molecule has 5 nitrogen and oxygen atoms in total. The second-order valence-corrected chi connectivity index (χ2v) is 5.18. The molecule has 1 saturated carbocycles. The number of carbonyl (C=O) groups is 1. The molecule has 1 aliphatic carbocycles. The van der Waals surface area contributed by atoms with Gasteiger partial charge in [-0.3, -0.25) is 9.48 Å². The molecule has 2 atom stereocenters. The molecule has 0 bridgehead atoms. The Kier molecular flexibility index (Phi) is 4.23. The zero-order chi connectivity index (χ0) is 13.0. The fraction of sp³-hybridized carbons (Fsp3) is 0.692. The van der Waals surface area contributed by atoms with E-state index in [2.05, 4.69) is 17.3 Å². The predicted octanol–water partition coefficient (Wildman–Crippen LogP) is 1.75. The van der Waals surface area contributed by atoms with E-state index in [1.54, 1.807) is 10.9 Å². The molecule has 18 heavy (non-hydrogen) atoms. The molecular formula is C13H22N4O. The SMILES string of the molecule is CCC1CCCC(Nc2cnn(CC(N)=O)c2)C1. The van der Waals surface area contributed by atoms with E-state index in [0.717, 1.165) is 11.6 Å². The number of nitrogens with two attached hydrogens (primary N) is 1. The van der Waals surface area contributed by atoms with Crippen LogP contribution in [0.15, 0.2) is 12.4 Å². The Morgan fingerprint density at radius 1 is 1.61 bits per heavy atom. The van der Waals surface area contributed by atoms with Crippen LogP contribution in [-0.4, -0.2) is 21.7 Å². The number of amides is 1. The molecule has 3 N–H and O–H groups in total. The van der Waals surface area contributed by atoms with Gasteiger partial charge < -0.3 is 11.1 Å². The summed E-state index contributed by atoms with van der Waals surface area (Å²) in [6, 6.07) is 0.537. The lowest BCUT2D eigenvalue weighted by Crippen LogP contribution is -2.26. The highest BCUT2D eigenvalue weighted by Crippen LogP contribution is 2.28. The lowest BCUT2D eigenvalue weighted by Gasteiger charge is -2.29. The van der Waals surface area contributed by atoms with Gasteiger partial charge in [-0.05, 0) is 18.8 Å². The molecule has 0 aliphatic heterocycles. The molecule has 0 spiro atoms. The average molecular weight is 250 g/mol. The molecule has 5 heteroatoms. The molecule has 2 unspecified atom stereocenters. The number of anilines is 1. The lowest BCUT2D eigenvalue weighted by molar-refractivity contribution is -0.118. The van der Waals surface area contributed by atoms with E-state index in [4.69, 9.17) is 5.73 Å². The van der Waals surface area contributed by atoms with Crippen LogP contribution in [0.5, 0.6) is 0 Å². The molecular weight excluding hydrogens is 228 g/mol. The summed E-state index contributed by atoms with van der Waals surface area (Å²) in [6.45, 7) is 2.40. The highest BCUT2D eigenvalue weighted by molar-refractivity contribution is 5.73. The van der Waals surface area contributed by atoms with E-state index in [1.807, 2.05) is 6.20 Å². The summed E-state index contributed by atoms with van der Waals surface area (Å²) < 4.78 is 1.57. The number of rotatable bonds is 5. The third-order valence-corrected chi connectivity index (χ3v) is 3.68. The third-order valence-electron chi connectivity index (χ3n) is 3.68. The minimum Gasteiger partial charge on any atom is -0.380 e. The fourth-order valence-corrected chi connectivity index (χ4v) is 2.71. The number of hydrogen-bond acceptors (Lipinski definition) is 3. The molecule has 1 aromatic heterocycles. The van der Waals surface area contributed by atoms with Gasteiger partial charge >= 0.3 is 0 Å². The van der Waals surface area contributed by atoms with Gasteiger partial charge in [-0.15, -0.1) is 0 Å². The van der Waals surface area contributed by atoms with Crippen LogP contribution in [0.4, 0.5) is 5.69 Å². The van der Waals surface area contributed by atoms with Crippen molar-refractivity contribution >= 4 is 11.6 Å². The number of nitrogens with one attached hydrogen (secondary N) is 1. The van der Waals surface area contributed by atoms with Crippen molar-refractivity contribution in [3.63, 3.8) is 0 Å². The van der Waals surface area contributed by atoms with Gasteiger partial charge in [0.2, 0.25) is 5.91 Å². The van der Waals surface area contributed by atoms with Crippen LogP contribution < -0.4 is 11.1 Å². The summed E-state index contributed by atoms with van der Waals surface area (Å²) in [4.78, 5) is 10.8. The van der Waals surface area contributed by atoms with Crippen LogP contribution in [0, 0.1) is 5.92 Å². The minimum atomic E-state index is -0.367. The predicted molar refractivity (Wildman–Crippen MR) is 71.1 cm³/mol. The van der Waals surface area contributed by atoms with Crippen LogP contribution in [0.3, 0.4) is 0 Å². The zero-order valence-corrected chi connectivity index (χ0v) is 10.9. The quantitative estimate of drug-likeness (QED) is 0.836. The summed E-state index contributed by atoms with van der Waals surface area (Å²) in [5.41, 5.74) is 6.12. The molecule has 1 heterocycles. The topological polar surface area (TPSA) is 72.9 Å². The second-order valence-electron chi connectivity index (χ2n) is 5.18. The summed E-state index contributed by atoms with van der Waals surface area (Å²) in [5, 5.41) is 7.62. The van der Waals surface area contributed by atoms with E-state index >= 15 is 0 Å². The van der Waals surface area contributed by atoms with Crippen molar-refractivity contribution in [1.82, 2.24) is 9.78 Å². The van der Waals surface area contributed by atoms with Crippen molar-refractivity contribution in [2.75, 3.05) is 5.32 Å². The van der Waals surface area contributed by atoms with E-state index < -0.39 is 0 Å². The summed E-state index contributed by atoms with van der Waals surface area (Å²) in [6.07, 6.45) is 9.98. The maximum absolute atomic E-state index is 10.8. The fourth-order valence-electron chi connectivity index (χ4n) is 2.71. The van der Waals surface area contributed by atoms with Crippen molar-refractivity contribution in [1.29, 1.82) is 0 Å². The first-order valence-corrected chi connectivity index (χ1v) is 6.74. The summed E-state index contributed by atoms with van der Waals surface area (Å²) in [7, 11) is 0. The first-order valence-electron chi connectivity index (χ1n) is 6.74. The molecule has 0 saturated heterocycles. The molecule has 0 radical (unpaired) electrons. The maximum Gasteiger partial charge on any atom is 0.239 e. The van der Waals surface area contributed by atoms with Crippen molar-refractivity contribution in [3.05, 3.63) is 12.4 Å². The van der Waals surface area contributed by atoms with Gasteiger partial charge in [0.1, 0.15) is 6.54 Å². The van der Waals surface area contributed by atoms with Crippen LogP contribution in [0.25, 0.3) is 0 Å². The van der Waals surface area contributed by atoms with E-state index in [0.29, 0.717) is 6.04 Å². The Labute approximate surface area is 108 Å². The van der Waals surface area contributed by atoms with Crippen molar-refractivity contribution in [3.8, 4) is 0 Å². The van der Waals surface area contributed by atoms with E-state index in [9.17, 15) is 4.79 Å². The molecule has 1 aromatic rings. The van der Waals surface area contributed by atoms with Gasteiger partial charge in [-0.25, -0.2) is 0 Å². The van der Waals surface area contributed by atoms with Crippen LogP contribution in [0.2, 0.25) is 0 Å². The van der Waals surface area contributed by atoms with Gasteiger partial charge in [-0.2, -0.15) is 5.10 Å². The molecule has 1 amide bonds. The van der Waals surface area contributed by atoms with Crippen molar-refractivity contribution < 1.29 is 4.79 Å². The van der Waals surface area contributed by atoms with Gasteiger partial charge in [0, 0.05) is 12.2 Å². The van der Waals surface area contributed by atoms with Crippen LogP contribution >= 0.6 is 0 Å². The molecule has 2 rings (SSSR count). The Morgan fingerprint density at radius 2 is 2.44 bits per heavy atom. The zero-order valence-electron chi connectivity index (χ0n) is 10.9. The standard InChI is InChI=1S/C13H22N4O/c1-2-10-4-3-5-11(6-10)16-12-7-15-17(8-12)9-13(14)18/h7-8,10-11,16H,2-6,9H2,1H3,(H2,14,18). The van der Waals surface area contributed by atoms with Crippen molar-refractivity contribution in [2.24, 2.45) is 11.7 Å². The Hall–Kier alpha value is -1.52. The number of carbonyl (C=O) groups excluding carboxylic acids is 1. The van der Waals surface area contributed by atoms with Gasteiger partial charge in [0.25, 0.3) is 0 Å². The summed E-state index contributed by atoms with van der Waals surface area (Å²) >= 11 is 0. The largest absolute Gasteiger partial charge is 0.380 e. The second kappa shape index (κ2) is 5.89. The minimum absolute atomic E-state index is 0.143. The molecule has 100 valence electrons. The molecule has 0 aromatic carbocycles. The van der Waals surface area contributed by atoms with Crippen molar-refractivity contribution in [2.45, 2.75) is 51.6 Å². The van der Waals surface area contributed by atoms with Gasteiger partial charge in [0.05, 0.1) is 11.9 Å². The summed E-state index contributed by atoms with van der Waals surface area (Å²) in [5.74, 6) is 0.477. The number of hydrogen-bond donors (Lipinski definition) is 2. The van der Waals surface area contributed by atoms with E-state index in [1.165, 1.54) is 32.1 Å². The van der Waals surface area contributed by atoms with Gasteiger partial charge in [-0.1, -0.05) is 26.2 Å². The third kappa shape index (κ3) is 3.48. The van der Waals surface area contributed by atoms with Crippen LogP contribution in [0.1, 0.15) is 39.0 Å². The normalized spacial score (nSPS) is 23.8. The Balaban J connectivity index is 1.88. The first-order chi connectivity index (χ1) is 8.67. The van der Waals surface area contributed by atoms with E-state index in [-0.39, 0.29) is 12.5 Å². The smallest absolute Gasteiger partial charge is 0.239 e. The first kappa shape index (κ1) is 12.9. The number of primary amides is 1. The Bertz CT molecular complexity index is 401. The number of aromatic nitrogens is 2. The molecule has 1 aliphatic rings. The highest BCUT2D eigenvalue weighted by Gasteiger charge is 2.20. The average Bonchev–Trinajstić information content (AvgIpc) is 2.76. The monoisotopic (exact) mass is 250 g/mol. The Morgan fingerprint density at radius 3 is 3.17 bits per heavy atom. The van der Waals surface area contributed by atoms with Gasteiger partial charge in [0.15, 0.2) is 0 Å². The molecule has 1 fully saturated rings.